The Morgan fingerprint density at radius 3 is 2.30 bits per heavy atom. The van der Waals surface area contributed by atoms with E-state index in [-0.39, 0.29) is 6.10 Å². The highest BCUT2D eigenvalue weighted by atomic mass is 16.5. The van der Waals surface area contributed by atoms with Gasteiger partial charge < -0.3 is 19.7 Å². The first-order valence-electron chi connectivity index (χ1n) is 6.89. The molecule has 0 radical (unpaired) electrons. The van der Waals surface area contributed by atoms with Gasteiger partial charge in [0.2, 0.25) is 0 Å². The van der Waals surface area contributed by atoms with Crippen LogP contribution in [0.1, 0.15) is 19.4 Å². The molecule has 126 valence electrons. The molecule has 0 atom stereocenters. The zero-order valence-corrected chi connectivity index (χ0v) is 13.2. The second-order valence-corrected chi connectivity index (χ2v) is 4.93. The summed E-state index contributed by atoms with van der Waals surface area (Å²) in [5.41, 5.74) is 0.624. The van der Waals surface area contributed by atoms with E-state index in [0.29, 0.717) is 17.1 Å². The van der Waals surface area contributed by atoms with Crippen molar-refractivity contribution in [2.24, 2.45) is 5.10 Å². The van der Waals surface area contributed by atoms with Crippen LogP contribution in [0, 0.1) is 0 Å². The van der Waals surface area contributed by atoms with Crippen molar-refractivity contribution in [3.8, 4) is 11.5 Å². The van der Waals surface area contributed by atoms with Gasteiger partial charge in [-0.05, 0) is 37.6 Å². The van der Waals surface area contributed by atoms with Crippen molar-refractivity contribution in [1.29, 1.82) is 0 Å². The number of aliphatic carboxylic acids is 2. The van der Waals surface area contributed by atoms with Gasteiger partial charge in [-0.1, -0.05) is 0 Å². The zero-order chi connectivity index (χ0) is 17.4. The molecular formula is C15H20N2O6. The summed E-state index contributed by atoms with van der Waals surface area (Å²) in [6.07, 6.45) is 1.36. The van der Waals surface area contributed by atoms with Gasteiger partial charge in [0.15, 0.2) is 11.5 Å². The highest BCUT2D eigenvalue weighted by Crippen LogP contribution is 2.28. The molecule has 1 aromatic carbocycles. The summed E-state index contributed by atoms with van der Waals surface area (Å²) in [5, 5.41) is 22.3. The Bertz CT molecular complexity index is 569. The molecule has 8 heteroatoms. The van der Waals surface area contributed by atoms with Gasteiger partial charge in [0.25, 0.3) is 0 Å². The molecule has 0 aromatic heterocycles. The van der Waals surface area contributed by atoms with E-state index in [0.717, 1.165) is 5.01 Å². The van der Waals surface area contributed by atoms with E-state index >= 15 is 0 Å². The quantitative estimate of drug-likeness (QED) is 0.520. The summed E-state index contributed by atoms with van der Waals surface area (Å²) >= 11 is 0. The molecule has 0 aliphatic rings. The maximum atomic E-state index is 10.7. The van der Waals surface area contributed by atoms with Gasteiger partial charge in [0.1, 0.15) is 13.1 Å². The number of hydrogen-bond acceptors (Lipinski definition) is 6. The predicted molar refractivity (Wildman–Crippen MR) is 83.2 cm³/mol. The van der Waals surface area contributed by atoms with Gasteiger partial charge in [-0.2, -0.15) is 5.10 Å². The third-order valence-electron chi connectivity index (χ3n) is 2.56. The Hall–Kier alpha value is -2.77. The summed E-state index contributed by atoms with van der Waals surface area (Å²) < 4.78 is 10.8. The van der Waals surface area contributed by atoms with E-state index in [1.807, 2.05) is 13.8 Å². The van der Waals surface area contributed by atoms with Crippen LogP contribution in [-0.2, 0) is 9.59 Å². The number of hydrazone groups is 1. The lowest BCUT2D eigenvalue weighted by atomic mass is 10.2. The van der Waals surface area contributed by atoms with Crippen molar-refractivity contribution in [3.05, 3.63) is 23.8 Å². The molecule has 0 bridgehead atoms. The first-order chi connectivity index (χ1) is 10.8. The molecule has 1 aromatic rings. The summed E-state index contributed by atoms with van der Waals surface area (Å²) in [6, 6.07) is 5.09. The first kappa shape index (κ1) is 18.3. The summed E-state index contributed by atoms with van der Waals surface area (Å²) in [7, 11) is 1.50. The maximum absolute atomic E-state index is 10.7. The topological polar surface area (TPSA) is 109 Å². The van der Waals surface area contributed by atoms with E-state index in [1.165, 1.54) is 13.3 Å². The SMILES string of the molecule is COc1cc(/C=N\N(CC(=O)O)CC(=O)O)ccc1OC(C)C. The number of carboxylic acids is 2. The van der Waals surface area contributed by atoms with Crippen molar-refractivity contribution < 1.29 is 29.3 Å². The number of ether oxygens (including phenoxy) is 2. The minimum Gasteiger partial charge on any atom is -0.493 e. The lowest BCUT2D eigenvalue weighted by Gasteiger charge is -2.15. The van der Waals surface area contributed by atoms with Crippen LogP contribution in [0.3, 0.4) is 0 Å². The van der Waals surface area contributed by atoms with Crippen LogP contribution in [0.4, 0.5) is 0 Å². The smallest absolute Gasteiger partial charge is 0.324 e. The van der Waals surface area contributed by atoms with Crippen LogP contribution in [0.5, 0.6) is 11.5 Å². The van der Waals surface area contributed by atoms with Gasteiger partial charge in [-0.15, -0.1) is 0 Å². The van der Waals surface area contributed by atoms with Crippen molar-refractivity contribution in [2.45, 2.75) is 20.0 Å². The fourth-order valence-corrected chi connectivity index (χ4v) is 1.71. The molecule has 2 N–H and O–H groups in total. The fourth-order valence-electron chi connectivity index (χ4n) is 1.71. The first-order valence-corrected chi connectivity index (χ1v) is 6.89. The molecule has 0 fully saturated rings. The van der Waals surface area contributed by atoms with Gasteiger partial charge >= 0.3 is 11.9 Å². The molecule has 0 spiro atoms. The van der Waals surface area contributed by atoms with Gasteiger partial charge in [-0.3, -0.25) is 14.6 Å². The largest absolute Gasteiger partial charge is 0.493 e. The van der Waals surface area contributed by atoms with Crippen LogP contribution in [0.25, 0.3) is 0 Å². The molecule has 23 heavy (non-hydrogen) atoms. The average molecular weight is 324 g/mol. The summed E-state index contributed by atoms with van der Waals surface area (Å²) in [6.45, 7) is 2.78. The minimum atomic E-state index is -1.17. The Labute approximate surface area is 133 Å². The number of methoxy groups -OCH3 is 1. The van der Waals surface area contributed by atoms with E-state index in [4.69, 9.17) is 19.7 Å². The number of nitrogens with zero attached hydrogens (tertiary/aromatic N) is 2. The number of carboxylic acid groups (broad SMARTS) is 2. The van der Waals surface area contributed by atoms with E-state index in [2.05, 4.69) is 5.10 Å². The van der Waals surface area contributed by atoms with Crippen molar-refractivity contribution in [3.63, 3.8) is 0 Å². The van der Waals surface area contributed by atoms with Gasteiger partial charge in [-0.25, -0.2) is 0 Å². The molecule has 0 amide bonds. The molecule has 0 aliphatic heterocycles. The number of benzene rings is 1. The molecule has 8 nitrogen and oxygen atoms in total. The van der Waals surface area contributed by atoms with Crippen LogP contribution < -0.4 is 9.47 Å². The monoisotopic (exact) mass is 324 g/mol. The molecule has 1 rings (SSSR count). The Morgan fingerprint density at radius 2 is 1.83 bits per heavy atom. The standard InChI is InChI=1S/C15H20N2O6/c1-10(2)23-12-5-4-11(6-13(12)22-3)7-16-17(8-14(18)19)9-15(20)21/h4-7,10H,8-9H2,1-3H3,(H,18,19)(H,20,21)/b16-7-. The van der Waals surface area contributed by atoms with Gasteiger partial charge in [0, 0.05) is 0 Å². The lowest BCUT2D eigenvalue weighted by molar-refractivity contribution is -0.141. The predicted octanol–water partition coefficient (Wildman–Crippen LogP) is 1.29. The molecule has 0 heterocycles. The molecule has 0 aliphatic carbocycles. The fraction of sp³-hybridized carbons (Fsp3) is 0.400. The van der Waals surface area contributed by atoms with Crippen LogP contribution >= 0.6 is 0 Å². The van der Waals surface area contributed by atoms with Crippen LogP contribution in [0.2, 0.25) is 0 Å². The number of hydrogen-bond donors (Lipinski definition) is 2. The van der Waals surface area contributed by atoms with Crippen LogP contribution in [0.15, 0.2) is 23.3 Å². The number of carbonyl (C=O) groups is 2. The van der Waals surface area contributed by atoms with E-state index < -0.39 is 25.0 Å². The summed E-state index contributed by atoms with van der Waals surface area (Å²) in [5.74, 6) is -1.25. The average Bonchev–Trinajstić information content (AvgIpc) is 2.44. The van der Waals surface area contributed by atoms with Crippen molar-refractivity contribution >= 4 is 18.2 Å². The molecular weight excluding hydrogens is 304 g/mol. The Morgan fingerprint density at radius 1 is 1.22 bits per heavy atom. The highest BCUT2D eigenvalue weighted by Gasteiger charge is 2.11. The van der Waals surface area contributed by atoms with Gasteiger partial charge in [0.05, 0.1) is 19.4 Å². The molecule has 0 saturated carbocycles. The Balaban J connectivity index is 2.92. The molecule has 0 unspecified atom stereocenters. The van der Waals surface area contributed by atoms with E-state index in [1.54, 1.807) is 18.2 Å². The highest BCUT2D eigenvalue weighted by molar-refractivity contribution is 5.81. The van der Waals surface area contributed by atoms with Crippen LogP contribution in [-0.4, -0.2) is 59.7 Å². The normalized spacial score (nSPS) is 10.8. The third kappa shape index (κ3) is 6.68. The number of rotatable bonds is 9. The molecule has 0 saturated heterocycles. The van der Waals surface area contributed by atoms with Crippen molar-refractivity contribution in [2.75, 3.05) is 20.2 Å². The Kier molecular flexibility index (Phi) is 6.85. The maximum Gasteiger partial charge on any atom is 0.324 e. The second-order valence-electron chi connectivity index (χ2n) is 4.93. The van der Waals surface area contributed by atoms with E-state index in [9.17, 15) is 9.59 Å². The van der Waals surface area contributed by atoms with Crippen molar-refractivity contribution in [1.82, 2.24) is 5.01 Å². The third-order valence-corrected chi connectivity index (χ3v) is 2.56. The minimum absolute atomic E-state index is 0.00922. The summed E-state index contributed by atoms with van der Waals surface area (Å²) in [4.78, 5) is 21.4. The zero-order valence-electron chi connectivity index (χ0n) is 13.2. The second kappa shape index (κ2) is 8.62. The lowest BCUT2D eigenvalue weighted by Crippen LogP contribution is -2.30.